The average Bonchev–Trinajstić information content (AvgIpc) is 3.37. The first-order valence-corrected chi connectivity index (χ1v) is 13.8. The number of amides is 3. The second kappa shape index (κ2) is 10.8. The van der Waals surface area contributed by atoms with Gasteiger partial charge >= 0.3 is 0 Å². The van der Waals surface area contributed by atoms with Gasteiger partial charge in [0.05, 0.1) is 17.2 Å². The van der Waals surface area contributed by atoms with Crippen LogP contribution in [0.15, 0.2) is 46.9 Å². The molecule has 2 aliphatic rings. The first kappa shape index (κ1) is 26.9. The summed E-state index contributed by atoms with van der Waals surface area (Å²) in [6.07, 6.45) is 1.77. The van der Waals surface area contributed by atoms with Gasteiger partial charge in [-0.3, -0.25) is 14.4 Å². The Hall–Kier alpha value is -3.69. The molecule has 2 aliphatic heterocycles. The summed E-state index contributed by atoms with van der Waals surface area (Å²) in [6, 6.07) is 12.8. The van der Waals surface area contributed by atoms with Crippen LogP contribution in [-0.4, -0.2) is 65.7 Å². The second-order valence-electron chi connectivity index (χ2n) is 10.3. The van der Waals surface area contributed by atoms with Gasteiger partial charge in [-0.2, -0.15) is 0 Å². The molecule has 0 radical (unpaired) electrons. The predicted octanol–water partition coefficient (Wildman–Crippen LogP) is 4.77. The third kappa shape index (κ3) is 5.42. The van der Waals surface area contributed by atoms with E-state index in [1.165, 1.54) is 0 Å². The lowest BCUT2D eigenvalue weighted by Gasteiger charge is -2.32. The van der Waals surface area contributed by atoms with Crippen molar-refractivity contribution < 1.29 is 14.4 Å². The van der Waals surface area contributed by atoms with Crippen LogP contribution in [0.3, 0.4) is 0 Å². The van der Waals surface area contributed by atoms with Gasteiger partial charge in [-0.25, -0.2) is 0 Å². The number of hydrogen-bond donors (Lipinski definition) is 3. The van der Waals surface area contributed by atoms with E-state index in [2.05, 4.69) is 43.5 Å². The molecule has 0 spiro atoms. The molecule has 1 saturated heterocycles. The Kier molecular flexibility index (Phi) is 7.46. The summed E-state index contributed by atoms with van der Waals surface area (Å²) in [5.74, 6) is -0.464. The van der Waals surface area contributed by atoms with Crippen LogP contribution in [0.2, 0.25) is 0 Å². The molecule has 0 aliphatic carbocycles. The highest BCUT2D eigenvalue weighted by Crippen LogP contribution is 2.35. The van der Waals surface area contributed by atoms with Crippen molar-refractivity contribution in [3.63, 3.8) is 0 Å². The average molecular weight is 591 g/mol. The summed E-state index contributed by atoms with van der Waals surface area (Å²) in [5.41, 5.74) is 6.14. The second-order valence-corrected chi connectivity index (χ2v) is 11.2. The number of aromatic nitrogens is 1. The van der Waals surface area contributed by atoms with E-state index in [9.17, 15) is 14.4 Å². The normalized spacial score (nSPS) is 17.2. The minimum absolute atomic E-state index is 0.00814. The van der Waals surface area contributed by atoms with E-state index in [1.807, 2.05) is 49.9 Å². The fraction of sp³-hybridized carbons (Fsp3) is 0.300. The molecule has 3 N–H and O–H groups in total. The quantitative estimate of drug-likeness (QED) is 0.374. The molecule has 0 unspecified atom stereocenters. The molecule has 8 nitrogen and oxygen atoms in total. The fourth-order valence-electron chi connectivity index (χ4n) is 5.16. The van der Waals surface area contributed by atoms with E-state index >= 15 is 0 Å². The number of carbonyl (C=O) groups is 3. The number of nitrogens with zero attached hydrogens (tertiary/aromatic N) is 2. The van der Waals surface area contributed by atoms with Crippen molar-refractivity contribution in [2.45, 2.75) is 26.8 Å². The van der Waals surface area contributed by atoms with Gasteiger partial charge in [0, 0.05) is 58.9 Å². The molecule has 1 atom stereocenters. The highest BCUT2D eigenvalue weighted by atomic mass is 79.9. The molecule has 3 amide bonds. The van der Waals surface area contributed by atoms with Crippen molar-refractivity contribution in [3.8, 4) is 0 Å². The summed E-state index contributed by atoms with van der Waals surface area (Å²) < 4.78 is 0.946. The van der Waals surface area contributed by atoms with E-state index < -0.39 is 0 Å². The molecule has 0 bridgehead atoms. The highest BCUT2D eigenvalue weighted by Gasteiger charge is 2.28. The maximum absolute atomic E-state index is 13.3. The Morgan fingerprint density at radius 2 is 1.82 bits per heavy atom. The molecular formula is C30H32BrN5O3. The highest BCUT2D eigenvalue weighted by molar-refractivity contribution is 9.10. The Morgan fingerprint density at radius 1 is 1.08 bits per heavy atom. The van der Waals surface area contributed by atoms with Gasteiger partial charge in [-0.1, -0.05) is 28.1 Å². The van der Waals surface area contributed by atoms with Crippen LogP contribution >= 0.6 is 15.9 Å². The monoisotopic (exact) mass is 589 g/mol. The van der Waals surface area contributed by atoms with Crippen molar-refractivity contribution in [3.05, 3.63) is 86.1 Å². The van der Waals surface area contributed by atoms with Crippen molar-refractivity contribution in [2.24, 2.45) is 0 Å². The number of hydrogen-bond acceptors (Lipinski definition) is 4. The number of aromatic amines is 1. The van der Waals surface area contributed by atoms with Crippen LogP contribution in [0.5, 0.6) is 0 Å². The molecule has 5 rings (SSSR count). The van der Waals surface area contributed by atoms with E-state index in [4.69, 9.17) is 0 Å². The van der Waals surface area contributed by atoms with Crippen molar-refractivity contribution in [1.29, 1.82) is 0 Å². The molecule has 2 aromatic carbocycles. The number of benzene rings is 2. The van der Waals surface area contributed by atoms with Crippen LogP contribution in [0.1, 0.15) is 61.8 Å². The summed E-state index contributed by atoms with van der Waals surface area (Å²) in [6.45, 7) is 8.80. The molecule has 1 fully saturated rings. The topological polar surface area (TPSA) is 97.5 Å². The Bertz CT molecular complexity index is 1500. The predicted molar refractivity (Wildman–Crippen MR) is 157 cm³/mol. The lowest BCUT2D eigenvalue weighted by atomic mass is 10.0. The Morgan fingerprint density at radius 3 is 2.54 bits per heavy atom. The summed E-state index contributed by atoms with van der Waals surface area (Å²) in [7, 11) is 2.06. The van der Waals surface area contributed by atoms with Crippen LogP contribution < -0.4 is 10.6 Å². The van der Waals surface area contributed by atoms with Crippen molar-refractivity contribution >= 4 is 51.0 Å². The Labute approximate surface area is 236 Å². The molecule has 39 heavy (non-hydrogen) atoms. The molecule has 0 saturated carbocycles. The summed E-state index contributed by atoms with van der Waals surface area (Å²) >= 11 is 3.47. The number of fused-ring (bicyclic) bond motifs is 1. The van der Waals surface area contributed by atoms with Crippen LogP contribution in [-0.2, 0) is 4.79 Å². The molecular weight excluding hydrogens is 558 g/mol. The van der Waals surface area contributed by atoms with Gasteiger partial charge in [0.15, 0.2) is 0 Å². The maximum Gasteiger partial charge on any atom is 0.256 e. The van der Waals surface area contributed by atoms with Crippen molar-refractivity contribution in [2.75, 3.05) is 38.5 Å². The third-order valence-electron chi connectivity index (χ3n) is 7.53. The standard InChI is InChI=1S/C30H32BrN5O3/c1-17-26(32-19(3)27(17)30(39)36-12-10-35(4)11-13-36)16-24-23-15-21(8-9-25(23)34-29(24)38)28(37)33-18(2)20-6-5-7-22(31)14-20/h5-9,14-16,18,32H,10-13H2,1-4H3,(H,33,37)(H,34,38)/t18-/m1/s1. The van der Waals surface area contributed by atoms with Gasteiger partial charge in [0.1, 0.15) is 0 Å². The number of anilines is 1. The summed E-state index contributed by atoms with van der Waals surface area (Å²) in [4.78, 5) is 46.8. The molecule has 3 aromatic rings. The number of aryl methyl sites for hydroxylation is 1. The van der Waals surface area contributed by atoms with Gasteiger partial charge in [0.25, 0.3) is 17.7 Å². The molecule has 3 heterocycles. The molecule has 1 aromatic heterocycles. The first-order valence-electron chi connectivity index (χ1n) is 13.0. The van der Waals surface area contributed by atoms with Crippen LogP contribution in [0.4, 0.5) is 5.69 Å². The van der Waals surface area contributed by atoms with Crippen LogP contribution in [0, 0.1) is 13.8 Å². The number of rotatable bonds is 5. The van der Waals surface area contributed by atoms with Gasteiger partial charge in [-0.05, 0) is 75.4 Å². The van der Waals surface area contributed by atoms with Crippen LogP contribution in [0.25, 0.3) is 11.6 Å². The number of nitrogens with one attached hydrogen (secondary N) is 3. The lowest BCUT2D eigenvalue weighted by Crippen LogP contribution is -2.47. The smallest absolute Gasteiger partial charge is 0.256 e. The van der Waals surface area contributed by atoms with E-state index in [-0.39, 0.29) is 23.8 Å². The lowest BCUT2D eigenvalue weighted by molar-refractivity contribution is -0.110. The molecule has 202 valence electrons. The number of H-pyrrole nitrogens is 1. The third-order valence-corrected chi connectivity index (χ3v) is 8.02. The number of likely N-dealkylation sites (N-methyl/N-ethyl adjacent to an activating group) is 1. The van der Waals surface area contributed by atoms with E-state index in [0.29, 0.717) is 46.7 Å². The Balaban J connectivity index is 1.41. The SMILES string of the molecule is Cc1[nH]c(C=C2C(=O)Nc3ccc(C(=O)N[C@H](C)c4cccc(Br)c4)cc32)c(C)c1C(=O)N1CCN(C)CC1. The zero-order valence-corrected chi connectivity index (χ0v) is 24.1. The fourth-order valence-corrected chi connectivity index (χ4v) is 5.58. The summed E-state index contributed by atoms with van der Waals surface area (Å²) in [5, 5.41) is 5.93. The van der Waals surface area contributed by atoms with Gasteiger partial charge < -0.3 is 25.4 Å². The van der Waals surface area contributed by atoms with Crippen molar-refractivity contribution in [1.82, 2.24) is 20.1 Å². The van der Waals surface area contributed by atoms with Gasteiger partial charge in [-0.15, -0.1) is 0 Å². The van der Waals surface area contributed by atoms with E-state index in [1.54, 1.807) is 24.3 Å². The zero-order chi connectivity index (χ0) is 27.8. The minimum atomic E-state index is -0.247. The van der Waals surface area contributed by atoms with E-state index in [0.717, 1.165) is 34.4 Å². The number of carbonyl (C=O) groups excluding carboxylic acids is 3. The number of piperazine rings is 1. The first-order chi connectivity index (χ1) is 18.6. The minimum Gasteiger partial charge on any atom is -0.358 e. The number of halogens is 1. The van der Waals surface area contributed by atoms with Gasteiger partial charge in [0.2, 0.25) is 0 Å². The molecule has 9 heteroatoms. The zero-order valence-electron chi connectivity index (χ0n) is 22.5. The largest absolute Gasteiger partial charge is 0.358 e. The maximum atomic E-state index is 13.3.